The molecule has 0 heterocycles. The van der Waals surface area contributed by atoms with Crippen LogP contribution in [-0.2, 0) is 9.53 Å². The molecule has 2 aliphatic carbocycles. The topological polar surface area (TPSA) is 46.5 Å². The van der Waals surface area contributed by atoms with Gasteiger partial charge in [-0.05, 0) is 85.0 Å². The van der Waals surface area contributed by atoms with Crippen LogP contribution in [-0.4, -0.2) is 22.3 Å². The highest BCUT2D eigenvalue weighted by atomic mass is 16.6. The molecule has 25 heavy (non-hydrogen) atoms. The second kappa shape index (κ2) is 6.25. The van der Waals surface area contributed by atoms with Gasteiger partial charge in [-0.1, -0.05) is 26.7 Å². The Bertz CT molecular complexity index is 514. The molecule has 3 nitrogen and oxygen atoms in total. The van der Waals surface area contributed by atoms with Crippen LogP contribution >= 0.6 is 0 Å². The van der Waals surface area contributed by atoms with Crippen LogP contribution < -0.4 is 0 Å². The van der Waals surface area contributed by atoms with Gasteiger partial charge in [0.25, 0.3) is 0 Å². The molecule has 3 heteroatoms. The van der Waals surface area contributed by atoms with Gasteiger partial charge in [-0.25, -0.2) is 0 Å². The first-order chi connectivity index (χ1) is 11.2. The highest BCUT2D eigenvalue weighted by Crippen LogP contribution is 2.63. The van der Waals surface area contributed by atoms with Gasteiger partial charge in [0.05, 0.1) is 11.0 Å². The standard InChI is InChI=1S/C22H40O3/c1-9-18(2,3)17(23)25-20(6,7)21(8)13-16-11-10-12-22(14-16,15-21)19(4,5)24/h16,24H,9-15H2,1-8H3. The highest BCUT2D eigenvalue weighted by Gasteiger charge is 2.59. The van der Waals surface area contributed by atoms with Crippen LogP contribution in [0.1, 0.15) is 100 Å². The molecule has 2 bridgehead atoms. The predicted octanol–water partition coefficient (Wildman–Crippen LogP) is 5.49. The van der Waals surface area contributed by atoms with Crippen molar-refractivity contribution in [3.05, 3.63) is 0 Å². The maximum Gasteiger partial charge on any atom is 0.312 e. The third kappa shape index (κ3) is 3.63. The number of hydrogen-bond donors (Lipinski definition) is 1. The smallest absolute Gasteiger partial charge is 0.312 e. The van der Waals surface area contributed by atoms with Crippen LogP contribution in [0.3, 0.4) is 0 Å². The molecule has 0 spiro atoms. The normalized spacial score (nSPS) is 33.9. The monoisotopic (exact) mass is 352 g/mol. The summed E-state index contributed by atoms with van der Waals surface area (Å²) >= 11 is 0. The molecule has 0 aromatic rings. The Kier molecular flexibility index (Phi) is 5.18. The summed E-state index contributed by atoms with van der Waals surface area (Å²) in [6.45, 7) is 16.3. The van der Waals surface area contributed by atoms with Gasteiger partial charge >= 0.3 is 5.97 Å². The maximum atomic E-state index is 12.7. The lowest BCUT2D eigenvalue weighted by Gasteiger charge is -2.61. The summed E-state index contributed by atoms with van der Waals surface area (Å²) in [5, 5.41) is 11.0. The van der Waals surface area contributed by atoms with E-state index < -0.39 is 16.6 Å². The van der Waals surface area contributed by atoms with Crippen LogP contribution in [0.2, 0.25) is 0 Å². The SMILES string of the molecule is CCC(C)(C)C(=O)OC(C)(C)C1(C)CC2CCCC(C(C)(C)O)(C2)C1. The van der Waals surface area contributed by atoms with Crippen molar-refractivity contribution in [1.29, 1.82) is 0 Å². The first-order valence-corrected chi connectivity index (χ1v) is 10.1. The van der Waals surface area contributed by atoms with Gasteiger partial charge in [0.1, 0.15) is 5.60 Å². The van der Waals surface area contributed by atoms with E-state index >= 15 is 0 Å². The zero-order chi connectivity index (χ0) is 19.3. The molecule has 2 aliphatic rings. The summed E-state index contributed by atoms with van der Waals surface area (Å²) in [5.74, 6) is 0.519. The summed E-state index contributed by atoms with van der Waals surface area (Å²) in [6, 6.07) is 0. The van der Waals surface area contributed by atoms with Gasteiger partial charge in [0.2, 0.25) is 0 Å². The zero-order valence-electron chi connectivity index (χ0n) is 17.8. The number of esters is 1. The molecule has 2 rings (SSSR count). The Labute approximate surface area is 154 Å². The highest BCUT2D eigenvalue weighted by molar-refractivity contribution is 5.76. The minimum Gasteiger partial charge on any atom is -0.459 e. The second-order valence-electron chi connectivity index (χ2n) is 10.9. The van der Waals surface area contributed by atoms with Crippen LogP contribution in [0.4, 0.5) is 0 Å². The molecule has 3 atom stereocenters. The van der Waals surface area contributed by atoms with Gasteiger partial charge in [0, 0.05) is 5.41 Å². The number of aliphatic hydroxyl groups is 1. The molecule has 2 saturated carbocycles. The lowest BCUT2D eigenvalue weighted by Crippen LogP contribution is -2.59. The molecular formula is C22H40O3. The van der Waals surface area contributed by atoms with Gasteiger partial charge in [-0.2, -0.15) is 0 Å². The van der Waals surface area contributed by atoms with Crippen molar-refractivity contribution in [2.45, 2.75) is 112 Å². The van der Waals surface area contributed by atoms with E-state index in [4.69, 9.17) is 4.74 Å². The molecule has 0 saturated heterocycles. The van der Waals surface area contributed by atoms with Gasteiger partial charge < -0.3 is 9.84 Å². The van der Waals surface area contributed by atoms with Crippen molar-refractivity contribution in [2.75, 3.05) is 0 Å². The average Bonchev–Trinajstić information content (AvgIpc) is 2.44. The average molecular weight is 353 g/mol. The van der Waals surface area contributed by atoms with Gasteiger partial charge in [0.15, 0.2) is 0 Å². The van der Waals surface area contributed by atoms with Crippen LogP contribution in [0, 0.1) is 22.2 Å². The Morgan fingerprint density at radius 3 is 2.28 bits per heavy atom. The molecule has 146 valence electrons. The van der Waals surface area contributed by atoms with Crippen molar-refractivity contribution in [3.63, 3.8) is 0 Å². The second-order valence-corrected chi connectivity index (χ2v) is 10.9. The fourth-order valence-corrected chi connectivity index (χ4v) is 5.14. The van der Waals surface area contributed by atoms with Crippen LogP contribution in [0.15, 0.2) is 0 Å². The van der Waals surface area contributed by atoms with Gasteiger partial charge in [-0.15, -0.1) is 0 Å². The lowest BCUT2D eigenvalue weighted by atomic mass is 9.47. The fraction of sp³-hybridized carbons (Fsp3) is 0.955. The van der Waals surface area contributed by atoms with Crippen molar-refractivity contribution < 1.29 is 14.6 Å². The minimum atomic E-state index is -0.698. The summed E-state index contributed by atoms with van der Waals surface area (Å²) in [4.78, 5) is 12.7. The largest absolute Gasteiger partial charge is 0.459 e. The number of ether oxygens (including phenoxy) is 1. The summed E-state index contributed by atoms with van der Waals surface area (Å²) in [5.41, 5.74) is -1.87. The van der Waals surface area contributed by atoms with E-state index in [1.165, 1.54) is 12.8 Å². The molecule has 3 unspecified atom stereocenters. The third-order valence-electron chi connectivity index (χ3n) is 7.95. The third-order valence-corrected chi connectivity index (χ3v) is 7.95. The summed E-state index contributed by atoms with van der Waals surface area (Å²) in [7, 11) is 0. The van der Waals surface area contributed by atoms with Crippen LogP contribution in [0.5, 0.6) is 0 Å². The first-order valence-electron chi connectivity index (χ1n) is 10.1. The summed E-state index contributed by atoms with van der Waals surface area (Å²) < 4.78 is 6.14. The molecule has 1 N–H and O–H groups in total. The first kappa shape index (κ1) is 20.7. The Morgan fingerprint density at radius 1 is 1.16 bits per heavy atom. The van der Waals surface area contributed by atoms with Crippen molar-refractivity contribution in [3.8, 4) is 0 Å². The molecule has 2 fully saturated rings. The van der Waals surface area contributed by atoms with E-state index in [-0.39, 0.29) is 16.8 Å². The lowest BCUT2D eigenvalue weighted by molar-refractivity contribution is -0.207. The van der Waals surface area contributed by atoms with E-state index in [1.54, 1.807) is 0 Å². The van der Waals surface area contributed by atoms with E-state index in [1.807, 2.05) is 34.6 Å². The number of rotatable bonds is 5. The van der Waals surface area contributed by atoms with Crippen molar-refractivity contribution >= 4 is 5.97 Å². The zero-order valence-corrected chi connectivity index (χ0v) is 17.8. The van der Waals surface area contributed by atoms with E-state index in [2.05, 4.69) is 20.8 Å². The van der Waals surface area contributed by atoms with E-state index in [9.17, 15) is 9.90 Å². The fourth-order valence-electron chi connectivity index (χ4n) is 5.14. The number of fused-ring (bicyclic) bond motifs is 2. The quantitative estimate of drug-likeness (QED) is 0.665. The Morgan fingerprint density at radius 2 is 1.76 bits per heavy atom. The molecule has 0 radical (unpaired) electrons. The summed E-state index contributed by atoms with van der Waals surface area (Å²) in [6.07, 6.45) is 7.40. The Balaban J connectivity index is 2.31. The molecule has 0 amide bonds. The Hall–Kier alpha value is -0.570. The number of hydrogen-bond acceptors (Lipinski definition) is 3. The number of carbonyl (C=O) groups excluding carboxylic acids is 1. The van der Waals surface area contributed by atoms with E-state index in [0.29, 0.717) is 5.92 Å². The molecule has 0 aromatic heterocycles. The molecule has 0 aliphatic heterocycles. The minimum absolute atomic E-state index is 0.0626. The maximum absolute atomic E-state index is 12.7. The van der Waals surface area contributed by atoms with E-state index in [0.717, 1.165) is 32.1 Å². The van der Waals surface area contributed by atoms with Crippen molar-refractivity contribution in [1.82, 2.24) is 0 Å². The number of carbonyl (C=O) groups is 1. The van der Waals surface area contributed by atoms with Crippen molar-refractivity contribution in [2.24, 2.45) is 22.2 Å². The predicted molar refractivity (Wildman–Crippen MR) is 102 cm³/mol. The molecule has 0 aromatic carbocycles. The van der Waals surface area contributed by atoms with Gasteiger partial charge in [-0.3, -0.25) is 4.79 Å². The molecular weight excluding hydrogens is 312 g/mol. The van der Waals surface area contributed by atoms with Crippen LogP contribution in [0.25, 0.3) is 0 Å².